The van der Waals surface area contributed by atoms with E-state index < -0.39 is 5.41 Å². The van der Waals surface area contributed by atoms with Gasteiger partial charge in [-0.25, -0.2) is 4.79 Å². The third-order valence-corrected chi connectivity index (χ3v) is 7.06. The third kappa shape index (κ3) is 3.04. The number of methoxy groups -OCH3 is 1. The molecule has 0 saturated heterocycles. The van der Waals surface area contributed by atoms with E-state index in [1.54, 1.807) is 6.08 Å². The van der Waals surface area contributed by atoms with Gasteiger partial charge < -0.3 is 9.47 Å². The molecule has 0 saturated carbocycles. The first-order valence-corrected chi connectivity index (χ1v) is 9.49. The van der Waals surface area contributed by atoms with Crippen molar-refractivity contribution in [1.29, 1.82) is 0 Å². The number of cyclic esters (lactones) is 1. The number of carbonyl (C=O) groups is 2. The summed E-state index contributed by atoms with van der Waals surface area (Å²) in [5.74, 6) is 0.270. The zero-order valence-corrected chi connectivity index (χ0v) is 15.9. The summed E-state index contributed by atoms with van der Waals surface area (Å²) in [6.45, 7) is 7.19. The van der Waals surface area contributed by atoms with Crippen molar-refractivity contribution in [3.05, 3.63) is 22.8 Å². The second-order valence-corrected chi connectivity index (χ2v) is 8.40. The van der Waals surface area contributed by atoms with E-state index in [1.165, 1.54) is 18.3 Å². The predicted molar refractivity (Wildman–Crippen MR) is 95.8 cm³/mol. The van der Waals surface area contributed by atoms with Crippen molar-refractivity contribution in [3.63, 3.8) is 0 Å². The Morgan fingerprint density at radius 3 is 2.72 bits per heavy atom. The summed E-state index contributed by atoms with van der Waals surface area (Å²) in [6.07, 6.45) is 8.65. The zero-order valence-electron chi connectivity index (χ0n) is 15.9. The van der Waals surface area contributed by atoms with E-state index in [0.717, 1.165) is 50.5 Å². The Balaban J connectivity index is 1.91. The number of ether oxygens (including phenoxy) is 2. The highest BCUT2D eigenvalue weighted by Gasteiger charge is 2.49. The van der Waals surface area contributed by atoms with Crippen molar-refractivity contribution in [2.45, 2.75) is 65.7 Å². The second-order valence-electron chi connectivity index (χ2n) is 8.40. The van der Waals surface area contributed by atoms with Crippen LogP contribution in [0.1, 0.15) is 65.7 Å². The van der Waals surface area contributed by atoms with Gasteiger partial charge in [0.25, 0.3) is 0 Å². The number of hydrogen-bond acceptors (Lipinski definition) is 4. The first-order valence-electron chi connectivity index (χ1n) is 9.49. The molecule has 25 heavy (non-hydrogen) atoms. The molecule has 138 valence electrons. The lowest BCUT2D eigenvalue weighted by Crippen LogP contribution is -2.42. The fourth-order valence-electron chi connectivity index (χ4n) is 5.11. The van der Waals surface area contributed by atoms with Crippen LogP contribution in [-0.2, 0) is 19.1 Å². The summed E-state index contributed by atoms with van der Waals surface area (Å²) < 4.78 is 10.2. The molecule has 3 unspecified atom stereocenters. The standard InChI is InChI=1S/C21H30O4/c1-14-7-8-17-16(6-5-10-21(17,3)19(23)24-4)20(14,2)11-9-15-12-18(22)25-13-15/h12,14H,5-11,13H2,1-4H3. The van der Waals surface area contributed by atoms with Gasteiger partial charge in [-0.05, 0) is 68.8 Å². The third-order valence-electron chi connectivity index (χ3n) is 7.06. The molecule has 0 N–H and O–H groups in total. The highest BCUT2D eigenvalue weighted by atomic mass is 16.5. The zero-order chi connectivity index (χ0) is 18.2. The Bertz CT molecular complexity index is 644. The molecule has 3 rings (SSSR count). The van der Waals surface area contributed by atoms with E-state index in [2.05, 4.69) is 20.8 Å². The first kappa shape index (κ1) is 18.2. The van der Waals surface area contributed by atoms with Crippen LogP contribution < -0.4 is 0 Å². The molecular weight excluding hydrogens is 316 g/mol. The molecule has 0 aromatic rings. The smallest absolute Gasteiger partial charge is 0.331 e. The fourth-order valence-corrected chi connectivity index (χ4v) is 5.11. The average Bonchev–Trinajstić information content (AvgIpc) is 3.02. The van der Waals surface area contributed by atoms with Gasteiger partial charge in [-0.15, -0.1) is 0 Å². The van der Waals surface area contributed by atoms with Gasteiger partial charge in [0.2, 0.25) is 0 Å². The summed E-state index contributed by atoms with van der Waals surface area (Å²) >= 11 is 0. The molecule has 4 heteroatoms. The molecule has 1 heterocycles. The van der Waals surface area contributed by atoms with Crippen molar-refractivity contribution < 1.29 is 19.1 Å². The summed E-state index contributed by atoms with van der Waals surface area (Å²) in [7, 11) is 1.50. The predicted octanol–water partition coefficient (Wildman–Crippen LogP) is 4.35. The molecule has 4 nitrogen and oxygen atoms in total. The molecule has 0 radical (unpaired) electrons. The van der Waals surface area contributed by atoms with Gasteiger partial charge in [0.05, 0.1) is 12.5 Å². The number of esters is 2. The van der Waals surface area contributed by atoms with Crippen LogP contribution >= 0.6 is 0 Å². The number of carbonyl (C=O) groups excluding carboxylic acids is 2. The Morgan fingerprint density at radius 1 is 1.32 bits per heavy atom. The van der Waals surface area contributed by atoms with E-state index in [-0.39, 0.29) is 17.4 Å². The number of hydrogen-bond donors (Lipinski definition) is 0. The molecule has 0 bridgehead atoms. The van der Waals surface area contributed by atoms with Crippen LogP contribution in [0.25, 0.3) is 0 Å². The first-order chi connectivity index (χ1) is 11.8. The summed E-state index contributed by atoms with van der Waals surface area (Å²) in [5, 5.41) is 0. The van der Waals surface area contributed by atoms with Gasteiger partial charge in [-0.3, -0.25) is 4.79 Å². The van der Waals surface area contributed by atoms with Crippen LogP contribution in [0.4, 0.5) is 0 Å². The number of rotatable bonds is 4. The van der Waals surface area contributed by atoms with Crippen molar-refractivity contribution in [2.75, 3.05) is 13.7 Å². The molecule has 0 aromatic heterocycles. The SMILES string of the molecule is COC(=O)C1(C)CCCC2=C1CCC(C)C2(C)CCC1=CC(=O)OC1. The largest absolute Gasteiger partial charge is 0.468 e. The lowest BCUT2D eigenvalue weighted by molar-refractivity contribution is -0.150. The summed E-state index contributed by atoms with van der Waals surface area (Å²) in [6, 6.07) is 0. The highest BCUT2D eigenvalue weighted by molar-refractivity contribution is 5.85. The number of allylic oxidation sites excluding steroid dienone is 1. The molecule has 3 aliphatic rings. The summed E-state index contributed by atoms with van der Waals surface area (Å²) in [5.41, 5.74) is 3.53. The van der Waals surface area contributed by atoms with Crippen LogP contribution in [-0.4, -0.2) is 25.7 Å². The van der Waals surface area contributed by atoms with Crippen LogP contribution in [0.5, 0.6) is 0 Å². The van der Waals surface area contributed by atoms with Gasteiger partial charge >= 0.3 is 11.9 Å². The van der Waals surface area contributed by atoms with Gasteiger partial charge in [-0.1, -0.05) is 25.0 Å². The molecule has 0 amide bonds. The van der Waals surface area contributed by atoms with Crippen molar-refractivity contribution in [2.24, 2.45) is 16.7 Å². The minimum absolute atomic E-state index is 0.0791. The van der Waals surface area contributed by atoms with Crippen LogP contribution in [0, 0.1) is 16.7 Å². The van der Waals surface area contributed by atoms with Crippen molar-refractivity contribution in [3.8, 4) is 0 Å². The van der Waals surface area contributed by atoms with Gasteiger partial charge in [0, 0.05) is 6.08 Å². The van der Waals surface area contributed by atoms with Crippen LogP contribution in [0.2, 0.25) is 0 Å². The molecule has 0 aromatic carbocycles. The lowest BCUT2D eigenvalue weighted by atomic mass is 9.55. The maximum absolute atomic E-state index is 12.5. The quantitative estimate of drug-likeness (QED) is 0.561. The molecule has 1 aliphatic heterocycles. The topological polar surface area (TPSA) is 52.6 Å². The van der Waals surface area contributed by atoms with E-state index in [1.807, 2.05) is 0 Å². The van der Waals surface area contributed by atoms with E-state index in [9.17, 15) is 9.59 Å². The van der Waals surface area contributed by atoms with Gasteiger partial charge in [-0.2, -0.15) is 0 Å². The fraction of sp³-hybridized carbons (Fsp3) is 0.714. The summed E-state index contributed by atoms with van der Waals surface area (Å²) in [4.78, 5) is 23.8. The molecule has 0 spiro atoms. The normalized spacial score (nSPS) is 35.1. The Morgan fingerprint density at radius 2 is 2.08 bits per heavy atom. The van der Waals surface area contributed by atoms with E-state index in [0.29, 0.717) is 12.5 Å². The Labute approximate surface area is 150 Å². The van der Waals surface area contributed by atoms with Gasteiger partial charge in [0.1, 0.15) is 6.61 Å². The minimum Gasteiger partial charge on any atom is -0.468 e. The minimum atomic E-state index is -0.463. The average molecular weight is 346 g/mol. The Hall–Kier alpha value is -1.58. The van der Waals surface area contributed by atoms with Gasteiger partial charge in [0.15, 0.2) is 0 Å². The maximum Gasteiger partial charge on any atom is 0.331 e. The second kappa shape index (κ2) is 6.62. The molecule has 3 atom stereocenters. The molecular formula is C21H30O4. The molecule has 2 aliphatic carbocycles. The molecule has 0 fully saturated rings. The van der Waals surface area contributed by atoms with Crippen LogP contribution in [0.3, 0.4) is 0 Å². The van der Waals surface area contributed by atoms with Crippen LogP contribution in [0.15, 0.2) is 22.8 Å². The van der Waals surface area contributed by atoms with E-state index >= 15 is 0 Å². The maximum atomic E-state index is 12.5. The Kier molecular flexibility index (Phi) is 4.82. The monoisotopic (exact) mass is 346 g/mol. The van der Waals surface area contributed by atoms with Crippen molar-refractivity contribution in [1.82, 2.24) is 0 Å². The van der Waals surface area contributed by atoms with E-state index in [4.69, 9.17) is 9.47 Å². The van der Waals surface area contributed by atoms with Crippen molar-refractivity contribution >= 4 is 11.9 Å². The highest BCUT2D eigenvalue weighted by Crippen LogP contribution is 2.57. The lowest BCUT2D eigenvalue weighted by Gasteiger charge is -2.49.